The molecule has 2 rings (SSSR count). The molecule has 0 aromatic heterocycles. The highest BCUT2D eigenvalue weighted by Gasteiger charge is 2.16. The SMILES string of the molecule is NC(/C1=C/CCCCCC1)c1cccc(Cl)c1Cl. The minimum absolute atomic E-state index is 0.116. The predicted molar refractivity (Wildman–Crippen MR) is 79.2 cm³/mol. The standard InChI is InChI=1S/C15H19Cl2N/c16-13-10-6-9-12(14(13)17)15(18)11-7-4-2-1-3-5-8-11/h6-7,9-10,15H,1-5,8,18H2/b11-7+. The van der Waals surface area contributed by atoms with Crippen molar-refractivity contribution in [1.29, 1.82) is 0 Å². The highest BCUT2D eigenvalue weighted by Crippen LogP contribution is 2.34. The third-order valence-corrected chi connectivity index (χ3v) is 4.38. The van der Waals surface area contributed by atoms with Gasteiger partial charge in [-0.2, -0.15) is 0 Å². The van der Waals surface area contributed by atoms with Gasteiger partial charge in [0.25, 0.3) is 0 Å². The highest BCUT2D eigenvalue weighted by atomic mass is 35.5. The van der Waals surface area contributed by atoms with Gasteiger partial charge in [-0.05, 0) is 37.3 Å². The van der Waals surface area contributed by atoms with E-state index in [9.17, 15) is 0 Å². The Balaban J connectivity index is 2.23. The molecule has 0 heterocycles. The summed E-state index contributed by atoms with van der Waals surface area (Å²) in [5, 5.41) is 1.17. The fourth-order valence-corrected chi connectivity index (χ4v) is 2.88. The van der Waals surface area contributed by atoms with Gasteiger partial charge in [0.1, 0.15) is 0 Å². The summed E-state index contributed by atoms with van der Waals surface area (Å²) in [7, 11) is 0. The smallest absolute Gasteiger partial charge is 0.0643 e. The van der Waals surface area contributed by atoms with E-state index >= 15 is 0 Å². The second kappa shape index (κ2) is 6.60. The van der Waals surface area contributed by atoms with Crippen LogP contribution in [0.2, 0.25) is 10.0 Å². The lowest BCUT2D eigenvalue weighted by atomic mass is 9.91. The topological polar surface area (TPSA) is 26.0 Å². The molecule has 2 N–H and O–H groups in total. The molecule has 1 aromatic carbocycles. The van der Waals surface area contributed by atoms with Crippen molar-refractivity contribution in [2.24, 2.45) is 5.73 Å². The average molecular weight is 284 g/mol. The van der Waals surface area contributed by atoms with E-state index in [-0.39, 0.29) is 6.04 Å². The number of halogens is 2. The summed E-state index contributed by atoms with van der Waals surface area (Å²) in [4.78, 5) is 0. The Morgan fingerprint density at radius 2 is 1.83 bits per heavy atom. The summed E-state index contributed by atoms with van der Waals surface area (Å²) < 4.78 is 0. The lowest BCUT2D eigenvalue weighted by Crippen LogP contribution is -2.14. The second-order valence-corrected chi connectivity index (χ2v) is 5.64. The van der Waals surface area contributed by atoms with E-state index in [4.69, 9.17) is 28.9 Å². The number of nitrogens with two attached hydrogens (primary N) is 1. The fraction of sp³-hybridized carbons (Fsp3) is 0.467. The van der Waals surface area contributed by atoms with Crippen LogP contribution in [0.1, 0.15) is 50.1 Å². The Morgan fingerprint density at radius 3 is 2.67 bits per heavy atom. The lowest BCUT2D eigenvalue weighted by molar-refractivity contribution is 0.602. The van der Waals surface area contributed by atoms with Gasteiger partial charge in [-0.3, -0.25) is 0 Å². The highest BCUT2D eigenvalue weighted by molar-refractivity contribution is 6.42. The normalized spacial score (nSPS) is 21.6. The molecule has 1 unspecified atom stereocenters. The number of hydrogen-bond acceptors (Lipinski definition) is 1. The van der Waals surface area contributed by atoms with Crippen molar-refractivity contribution in [3.63, 3.8) is 0 Å². The first kappa shape index (κ1) is 13.9. The van der Waals surface area contributed by atoms with E-state index in [1.165, 1.54) is 31.3 Å². The van der Waals surface area contributed by atoms with Crippen LogP contribution in [0.5, 0.6) is 0 Å². The van der Waals surface area contributed by atoms with E-state index < -0.39 is 0 Å². The van der Waals surface area contributed by atoms with Gasteiger partial charge in [0.05, 0.1) is 16.1 Å². The Hall–Kier alpha value is -0.500. The predicted octanol–water partition coefficient (Wildman–Crippen LogP) is 5.27. The lowest BCUT2D eigenvalue weighted by Gasteiger charge is -2.20. The molecule has 0 spiro atoms. The molecule has 0 aliphatic heterocycles. The van der Waals surface area contributed by atoms with Crippen LogP contribution in [0.4, 0.5) is 0 Å². The molecule has 0 bridgehead atoms. The molecule has 1 aliphatic rings. The molecule has 1 nitrogen and oxygen atoms in total. The van der Waals surface area contributed by atoms with E-state index in [1.807, 2.05) is 12.1 Å². The summed E-state index contributed by atoms with van der Waals surface area (Å²) in [5.74, 6) is 0. The van der Waals surface area contributed by atoms with Crippen LogP contribution in [-0.4, -0.2) is 0 Å². The maximum atomic E-state index is 6.35. The van der Waals surface area contributed by atoms with Gasteiger partial charge in [0.2, 0.25) is 0 Å². The molecular formula is C15H19Cl2N. The van der Waals surface area contributed by atoms with E-state index in [0.29, 0.717) is 10.0 Å². The molecule has 0 fully saturated rings. The van der Waals surface area contributed by atoms with Crippen molar-refractivity contribution in [2.75, 3.05) is 0 Å². The van der Waals surface area contributed by atoms with E-state index in [0.717, 1.165) is 18.4 Å². The van der Waals surface area contributed by atoms with Gasteiger partial charge >= 0.3 is 0 Å². The monoisotopic (exact) mass is 283 g/mol. The summed E-state index contributed by atoms with van der Waals surface area (Å²) in [6.07, 6.45) is 9.60. The van der Waals surface area contributed by atoms with Crippen LogP contribution in [0.15, 0.2) is 29.8 Å². The van der Waals surface area contributed by atoms with Crippen LogP contribution in [0.25, 0.3) is 0 Å². The largest absolute Gasteiger partial charge is 0.320 e. The molecule has 1 aromatic rings. The number of rotatable bonds is 2. The Morgan fingerprint density at radius 1 is 1.06 bits per heavy atom. The van der Waals surface area contributed by atoms with Crippen LogP contribution >= 0.6 is 23.2 Å². The first-order valence-electron chi connectivity index (χ1n) is 6.58. The molecule has 98 valence electrons. The summed E-state index contributed by atoms with van der Waals surface area (Å²) in [5.41, 5.74) is 8.59. The van der Waals surface area contributed by atoms with Crippen molar-refractivity contribution in [1.82, 2.24) is 0 Å². The van der Waals surface area contributed by atoms with Gasteiger partial charge in [-0.25, -0.2) is 0 Å². The average Bonchev–Trinajstić information content (AvgIpc) is 2.31. The molecule has 0 saturated heterocycles. The first-order valence-corrected chi connectivity index (χ1v) is 7.34. The molecule has 1 aliphatic carbocycles. The third-order valence-electron chi connectivity index (χ3n) is 3.54. The zero-order chi connectivity index (χ0) is 13.0. The van der Waals surface area contributed by atoms with Crippen LogP contribution in [-0.2, 0) is 0 Å². The molecule has 0 radical (unpaired) electrons. The summed E-state index contributed by atoms with van der Waals surface area (Å²) >= 11 is 12.3. The fourth-order valence-electron chi connectivity index (χ4n) is 2.46. The van der Waals surface area contributed by atoms with Crippen molar-refractivity contribution in [2.45, 2.75) is 44.6 Å². The van der Waals surface area contributed by atoms with Gasteiger partial charge in [-0.15, -0.1) is 0 Å². The third kappa shape index (κ3) is 3.28. The van der Waals surface area contributed by atoms with E-state index in [1.54, 1.807) is 6.07 Å². The van der Waals surface area contributed by atoms with Crippen molar-refractivity contribution in [3.8, 4) is 0 Å². The number of benzene rings is 1. The van der Waals surface area contributed by atoms with Crippen LogP contribution in [0.3, 0.4) is 0 Å². The summed E-state index contributed by atoms with van der Waals surface area (Å²) in [6, 6.07) is 5.56. The molecule has 18 heavy (non-hydrogen) atoms. The Labute approximate surface area is 119 Å². The van der Waals surface area contributed by atoms with Gasteiger partial charge in [-0.1, -0.05) is 59.8 Å². The van der Waals surface area contributed by atoms with Crippen LogP contribution in [0, 0.1) is 0 Å². The zero-order valence-corrected chi connectivity index (χ0v) is 12.0. The van der Waals surface area contributed by atoms with Crippen LogP contribution < -0.4 is 5.73 Å². The van der Waals surface area contributed by atoms with Crippen molar-refractivity contribution in [3.05, 3.63) is 45.5 Å². The second-order valence-electron chi connectivity index (χ2n) is 4.85. The Bertz CT molecular complexity index is 440. The minimum Gasteiger partial charge on any atom is -0.320 e. The first-order chi connectivity index (χ1) is 8.70. The Kier molecular flexibility index (Phi) is 5.11. The molecule has 3 heteroatoms. The minimum atomic E-state index is -0.116. The van der Waals surface area contributed by atoms with Gasteiger partial charge < -0.3 is 5.73 Å². The molecule has 0 amide bonds. The molecule has 1 atom stereocenters. The number of allylic oxidation sites excluding steroid dienone is 1. The van der Waals surface area contributed by atoms with E-state index in [2.05, 4.69) is 6.08 Å². The zero-order valence-electron chi connectivity index (χ0n) is 10.5. The van der Waals surface area contributed by atoms with Crippen molar-refractivity contribution < 1.29 is 0 Å². The maximum absolute atomic E-state index is 6.35. The molecule has 0 saturated carbocycles. The maximum Gasteiger partial charge on any atom is 0.0643 e. The molecular weight excluding hydrogens is 265 g/mol. The van der Waals surface area contributed by atoms with Gasteiger partial charge in [0, 0.05) is 0 Å². The number of hydrogen-bond donors (Lipinski definition) is 1. The van der Waals surface area contributed by atoms with Gasteiger partial charge in [0.15, 0.2) is 0 Å². The quantitative estimate of drug-likeness (QED) is 0.735. The summed E-state index contributed by atoms with van der Waals surface area (Å²) in [6.45, 7) is 0. The van der Waals surface area contributed by atoms with Crippen molar-refractivity contribution >= 4 is 23.2 Å².